The molecule has 2 aliphatic carbocycles. The molecule has 2 bridgehead atoms. The average molecular weight is 145 g/mol. The van der Waals surface area contributed by atoms with Gasteiger partial charge in [0.05, 0.1) is 0 Å². The summed E-state index contributed by atoms with van der Waals surface area (Å²) in [5, 5.41) is 0.497. The van der Waals surface area contributed by atoms with Crippen LogP contribution in [0.2, 0.25) is 0 Å². The van der Waals surface area contributed by atoms with Gasteiger partial charge in [0.1, 0.15) is 0 Å². The van der Waals surface area contributed by atoms with Gasteiger partial charge >= 0.3 is 0 Å². The Bertz CT molecular complexity index is 133. The Morgan fingerprint density at radius 2 is 2.33 bits per heavy atom. The van der Waals surface area contributed by atoms with Gasteiger partial charge in [-0.15, -0.1) is 11.6 Å². The highest BCUT2D eigenvalue weighted by molar-refractivity contribution is 6.21. The molecule has 0 nitrogen and oxygen atoms in total. The molecule has 2 aliphatic rings. The molecule has 52 valence electrons. The van der Waals surface area contributed by atoms with Gasteiger partial charge in [0, 0.05) is 5.38 Å². The van der Waals surface area contributed by atoms with Crippen LogP contribution in [0.5, 0.6) is 0 Å². The minimum Gasteiger partial charge on any atom is -0.122 e. The molecule has 0 aromatic rings. The first-order valence-electron chi connectivity index (χ1n) is 3.85. The van der Waals surface area contributed by atoms with Crippen LogP contribution in [-0.2, 0) is 0 Å². The second kappa shape index (κ2) is 1.66. The monoisotopic (exact) mass is 144 g/mol. The third-order valence-electron chi connectivity index (χ3n) is 3.18. The van der Waals surface area contributed by atoms with Crippen LogP contribution >= 0.6 is 11.6 Å². The highest BCUT2D eigenvalue weighted by Gasteiger charge is 2.47. The van der Waals surface area contributed by atoms with Gasteiger partial charge in [0.2, 0.25) is 0 Å². The van der Waals surface area contributed by atoms with Crippen molar-refractivity contribution in [3.05, 3.63) is 0 Å². The predicted octanol–water partition coefficient (Wildman–Crippen LogP) is 2.80. The number of fused-ring (bicyclic) bond motifs is 2. The van der Waals surface area contributed by atoms with E-state index in [1.54, 1.807) is 0 Å². The molecule has 0 amide bonds. The minimum absolute atomic E-state index is 0.497. The Morgan fingerprint density at radius 1 is 1.56 bits per heavy atom. The maximum atomic E-state index is 6.15. The molecule has 2 fully saturated rings. The molecular formula is C8H13Cl. The van der Waals surface area contributed by atoms with Crippen molar-refractivity contribution in [1.82, 2.24) is 0 Å². The van der Waals surface area contributed by atoms with Gasteiger partial charge in [0.25, 0.3) is 0 Å². The summed E-state index contributed by atoms with van der Waals surface area (Å²) in [6.45, 7) is 2.34. The van der Waals surface area contributed by atoms with Crippen LogP contribution in [0.15, 0.2) is 0 Å². The van der Waals surface area contributed by atoms with E-state index < -0.39 is 0 Å². The molecule has 2 rings (SSSR count). The molecular weight excluding hydrogens is 132 g/mol. The third-order valence-corrected chi connectivity index (χ3v) is 3.88. The van der Waals surface area contributed by atoms with E-state index in [0.29, 0.717) is 10.8 Å². The van der Waals surface area contributed by atoms with Gasteiger partial charge in [-0.2, -0.15) is 0 Å². The lowest BCUT2D eigenvalue weighted by molar-refractivity contribution is 0.340. The van der Waals surface area contributed by atoms with Crippen molar-refractivity contribution in [3.8, 4) is 0 Å². The summed E-state index contributed by atoms with van der Waals surface area (Å²) in [6, 6.07) is 0. The van der Waals surface area contributed by atoms with E-state index in [9.17, 15) is 0 Å². The van der Waals surface area contributed by atoms with Crippen LogP contribution in [0.4, 0.5) is 0 Å². The Balaban J connectivity index is 2.22. The molecule has 9 heavy (non-hydrogen) atoms. The van der Waals surface area contributed by atoms with Gasteiger partial charge in [-0.3, -0.25) is 0 Å². The highest BCUT2D eigenvalue weighted by Crippen LogP contribution is 2.55. The lowest BCUT2D eigenvalue weighted by Gasteiger charge is -2.25. The van der Waals surface area contributed by atoms with Gasteiger partial charge in [0.15, 0.2) is 0 Å². The van der Waals surface area contributed by atoms with Crippen LogP contribution in [0.3, 0.4) is 0 Å². The fourth-order valence-electron chi connectivity index (χ4n) is 2.46. The predicted molar refractivity (Wildman–Crippen MR) is 39.7 cm³/mol. The van der Waals surface area contributed by atoms with Crippen LogP contribution in [0.25, 0.3) is 0 Å². The summed E-state index contributed by atoms with van der Waals surface area (Å²) in [4.78, 5) is 0. The van der Waals surface area contributed by atoms with Crippen molar-refractivity contribution in [2.24, 2.45) is 11.3 Å². The van der Waals surface area contributed by atoms with E-state index >= 15 is 0 Å². The summed E-state index contributed by atoms with van der Waals surface area (Å²) >= 11 is 6.15. The van der Waals surface area contributed by atoms with Gasteiger partial charge < -0.3 is 0 Å². The molecule has 0 aliphatic heterocycles. The Hall–Kier alpha value is 0.290. The fourth-order valence-corrected chi connectivity index (χ4v) is 2.91. The molecule has 0 radical (unpaired) electrons. The second-order valence-electron chi connectivity index (χ2n) is 3.97. The quantitative estimate of drug-likeness (QED) is 0.459. The summed E-state index contributed by atoms with van der Waals surface area (Å²) in [5.74, 6) is 0.984. The lowest BCUT2D eigenvalue weighted by atomic mass is 9.86. The highest BCUT2D eigenvalue weighted by atomic mass is 35.5. The van der Waals surface area contributed by atoms with Crippen molar-refractivity contribution >= 4 is 11.6 Å². The third kappa shape index (κ3) is 0.724. The fraction of sp³-hybridized carbons (Fsp3) is 1.00. The number of hydrogen-bond donors (Lipinski definition) is 0. The maximum absolute atomic E-state index is 6.15. The topological polar surface area (TPSA) is 0 Å². The van der Waals surface area contributed by atoms with Gasteiger partial charge in [-0.05, 0) is 37.0 Å². The number of halogens is 1. The summed E-state index contributed by atoms with van der Waals surface area (Å²) < 4.78 is 0. The Labute approximate surface area is 61.6 Å². The summed E-state index contributed by atoms with van der Waals surface area (Å²) in [7, 11) is 0. The normalized spacial score (nSPS) is 56.7. The van der Waals surface area contributed by atoms with Crippen molar-refractivity contribution in [2.75, 3.05) is 0 Å². The molecule has 0 unspecified atom stereocenters. The van der Waals surface area contributed by atoms with Crippen molar-refractivity contribution in [1.29, 1.82) is 0 Å². The van der Waals surface area contributed by atoms with Crippen molar-refractivity contribution in [2.45, 2.75) is 38.0 Å². The zero-order valence-electron chi connectivity index (χ0n) is 5.86. The van der Waals surface area contributed by atoms with Crippen molar-refractivity contribution < 1.29 is 0 Å². The Kier molecular flexibility index (Phi) is 1.11. The van der Waals surface area contributed by atoms with Gasteiger partial charge in [-0.1, -0.05) is 6.92 Å². The average Bonchev–Trinajstić information content (AvgIpc) is 2.22. The molecule has 0 heterocycles. The van der Waals surface area contributed by atoms with E-state index in [1.165, 1.54) is 25.7 Å². The number of alkyl halides is 1. The maximum Gasteiger partial charge on any atom is 0.0392 e. The van der Waals surface area contributed by atoms with Crippen LogP contribution in [0.1, 0.15) is 32.6 Å². The van der Waals surface area contributed by atoms with Crippen LogP contribution in [0, 0.1) is 11.3 Å². The zero-order chi connectivity index (χ0) is 6.48. The zero-order valence-corrected chi connectivity index (χ0v) is 6.62. The van der Waals surface area contributed by atoms with E-state index in [2.05, 4.69) is 6.92 Å². The molecule has 0 spiro atoms. The Morgan fingerprint density at radius 3 is 2.56 bits per heavy atom. The van der Waals surface area contributed by atoms with E-state index in [-0.39, 0.29) is 0 Å². The molecule has 0 N–H and O–H groups in total. The minimum atomic E-state index is 0.497. The first-order chi connectivity index (χ1) is 4.21. The summed E-state index contributed by atoms with van der Waals surface area (Å²) in [5.41, 5.74) is 0.534. The molecule has 1 heteroatoms. The van der Waals surface area contributed by atoms with E-state index in [1.807, 2.05) is 0 Å². The molecule has 0 aromatic heterocycles. The molecule has 3 atom stereocenters. The first-order valence-corrected chi connectivity index (χ1v) is 4.28. The molecule has 2 saturated carbocycles. The summed E-state index contributed by atoms with van der Waals surface area (Å²) in [6.07, 6.45) is 5.52. The van der Waals surface area contributed by atoms with Crippen molar-refractivity contribution in [3.63, 3.8) is 0 Å². The van der Waals surface area contributed by atoms with Crippen LogP contribution < -0.4 is 0 Å². The van der Waals surface area contributed by atoms with Gasteiger partial charge in [-0.25, -0.2) is 0 Å². The molecule has 0 aromatic carbocycles. The van der Waals surface area contributed by atoms with E-state index in [4.69, 9.17) is 11.6 Å². The van der Waals surface area contributed by atoms with Crippen LogP contribution in [-0.4, -0.2) is 5.38 Å². The smallest absolute Gasteiger partial charge is 0.0392 e. The number of rotatable bonds is 0. The largest absolute Gasteiger partial charge is 0.122 e. The second-order valence-corrected chi connectivity index (χ2v) is 4.49. The first kappa shape index (κ1) is 6.03. The SMILES string of the molecule is C[C@]12CC[C@H](C[C@H]1Cl)C2. The molecule has 0 saturated heterocycles. The number of hydrogen-bond acceptors (Lipinski definition) is 0. The standard InChI is InChI=1S/C8H13Cl/c1-8-3-2-6(5-8)4-7(8)9/h6-7H,2-5H2,1H3/t6-,7-,8-/m1/s1. The van der Waals surface area contributed by atoms with E-state index in [0.717, 1.165) is 5.92 Å². The lowest BCUT2D eigenvalue weighted by Crippen LogP contribution is -2.21.